The van der Waals surface area contributed by atoms with Crippen LogP contribution in [0.25, 0.3) is 60.4 Å². The molecule has 0 aliphatic heterocycles. The maximum Gasteiger partial charge on any atom is 0.0991 e. The number of aromatic nitrogens is 2. The van der Waals surface area contributed by atoms with Gasteiger partial charge in [0, 0.05) is 33.7 Å². The molecular formula is C37H27N3. The van der Waals surface area contributed by atoms with Crippen LogP contribution in [0.1, 0.15) is 36.8 Å². The van der Waals surface area contributed by atoms with Gasteiger partial charge in [-0.25, -0.2) is 0 Å². The fourth-order valence-electron chi connectivity index (χ4n) is 6.69. The van der Waals surface area contributed by atoms with Crippen LogP contribution in [-0.4, -0.2) is 9.13 Å². The first-order valence-electron chi connectivity index (χ1n) is 14.0. The van der Waals surface area contributed by atoms with Gasteiger partial charge >= 0.3 is 0 Å². The predicted octanol–water partition coefficient (Wildman–Crippen LogP) is 9.70. The zero-order valence-electron chi connectivity index (χ0n) is 22.1. The minimum absolute atomic E-state index is 0.712. The van der Waals surface area contributed by atoms with Crippen LogP contribution < -0.4 is 0 Å². The van der Waals surface area contributed by atoms with E-state index in [1.54, 1.807) is 0 Å². The Morgan fingerprint density at radius 3 is 2.50 bits per heavy atom. The van der Waals surface area contributed by atoms with Gasteiger partial charge in [-0.05, 0) is 90.1 Å². The highest BCUT2D eigenvalue weighted by Crippen LogP contribution is 2.43. The fourth-order valence-corrected chi connectivity index (χ4v) is 6.69. The number of rotatable bonds is 3. The molecule has 0 atom stereocenters. The summed E-state index contributed by atoms with van der Waals surface area (Å²) in [6.07, 6.45) is 11.0. The zero-order valence-corrected chi connectivity index (χ0v) is 22.1. The summed E-state index contributed by atoms with van der Waals surface area (Å²) in [5, 5.41) is 16.0. The van der Waals surface area contributed by atoms with Crippen LogP contribution in [0.5, 0.6) is 0 Å². The summed E-state index contributed by atoms with van der Waals surface area (Å²) < 4.78 is 4.84. The SMILES string of the molecule is N#Cc1cccc(/C2=C/CCC/C(n3c4cccc5ccc6c7ccn(-c8ccccc8)c7cc3c6c54)=C\C2)c1. The molecule has 2 aromatic heterocycles. The Morgan fingerprint density at radius 2 is 1.60 bits per heavy atom. The third-order valence-electron chi connectivity index (χ3n) is 8.52. The summed E-state index contributed by atoms with van der Waals surface area (Å²) in [4.78, 5) is 0. The normalized spacial score (nSPS) is 17.0. The average molecular weight is 514 g/mol. The van der Waals surface area contributed by atoms with E-state index in [1.807, 2.05) is 18.2 Å². The lowest BCUT2D eigenvalue weighted by atomic mass is 9.96. The molecular weight excluding hydrogens is 486 g/mol. The number of hydrogen-bond donors (Lipinski definition) is 0. The van der Waals surface area contributed by atoms with Crippen LogP contribution in [0.3, 0.4) is 0 Å². The van der Waals surface area contributed by atoms with Gasteiger partial charge in [0.2, 0.25) is 0 Å². The second kappa shape index (κ2) is 9.00. The molecule has 0 spiro atoms. The number of nitriles is 1. The van der Waals surface area contributed by atoms with E-state index in [2.05, 4.69) is 112 Å². The number of nitrogens with zero attached hydrogens (tertiary/aromatic N) is 3. The van der Waals surface area contributed by atoms with Gasteiger partial charge in [0.15, 0.2) is 0 Å². The first kappa shape index (κ1) is 22.9. The molecule has 0 bridgehead atoms. The van der Waals surface area contributed by atoms with E-state index in [0.717, 1.165) is 31.2 Å². The van der Waals surface area contributed by atoms with E-state index >= 15 is 0 Å². The molecule has 2 heterocycles. The monoisotopic (exact) mass is 513 g/mol. The maximum atomic E-state index is 9.44. The molecule has 7 aromatic rings. The van der Waals surface area contributed by atoms with Crippen molar-refractivity contribution in [3.63, 3.8) is 0 Å². The smallest absolute Gasteiger partial charge is 0.0991 e. The molecule has 3 heteroatoms. The Labute approximate surface area is 232 Å². The summed E-state index contributed by atoms with van der Waals surface area (Å²) >= 11 is 0. The van der Waals surface area contributed by atoms with Gasteiger partial charge in [-0.15, -0.1) is 0 Å². The van der Waals surface area contributed by atoms with Crippen molar-refractivity contribution in [2.75, 3.05) is 0 Å². The van der Waals surface area contributed by atoms with Crippen molar-refractivity contribution >= 4 is 54.8 Å². The molecule has 0 unspecified atom stereocenters. The Morgan fingerprint density at radius 1 is 0.700 bits per heavy atom. The first-order chi connectivity index (χ1) is 19.8. The van der Waals surface area contributed by atoms with Gasteiger partial charge in [-0.3, -0.25) is 0 Å². The van der Waals surface area contributed by atoms with E-state index < -0.39 is 0 Å². The standard InChI is InChI=1S/C37H27N3/c38-24-25-8-6-11-28(22-25)26-9-4-5-14-30(18-16-26)40-33-15-7-10-27-17-19-32-31-20-21-39(29-12-2-1-3-13-29)34(31)23-35(40)37(32)36(27)33/h1-3,6-13,15,17-23H,4-5,14,16H2/b26-9+,30-18+. The number of fused-ring (bicyclic) bond motifs is 2. The summed E-state index contributed by atoms with van der Waals surface area (Å²) in [7, 11) is 0. The predicted molar refractivity (Wildman–Crippen MR) is 167 cm³/mol. The minimum Gasteiger partial charge on any atom is -0.316 e. The molecule has 0 fully saturated rings. The van der Waals surface area contributed by atoms with Crippen molar-refractivity contribution in [1.82, 2.24) is 9.13 Å². The van der Waals surface area contributed by atoms with Crippen molar-refractivity contribution in [2.45, 2.75) is 25.7 Å². The van der Waals surface area contributed by atoms with Crippen molar-refractivity contribution in [2.24, 2.45) is 0 Å². The molecule has 0 N–H and O–H groups in total. The maximum absolute atomic E-state index is 9.44. The lowest BCUT2D eigenvalue weighted by Crippen LogP contribution is -2.00. The Bertz CT molecular complexity index is 2160. The minimum atomic E-state index is 0.712. The first-order valence-corrected chi connectivity index (χ1v) is 14.0. The van der Waals surface area contributed by atoms with Crippen LogP contribution in [0, 0.1) is 11.3 Å². The number of benzene rings is 5. The molecule has 8 rings (SSSR count). The summed E-state index contributed by atoms with van der Waals surface area (Å²) in [5.74, 6) is 0. The Hall–Kier alpha value is -5.07. The molecule has 190 valence electrons. The van der Waals surface area contributed by atoms with Gasteiger partial charge < -0.3 is 9.13 Å². The van der Waals surface area contributed by atoms with Crippen molar-refractivity contribution in [3.8, 4) is 11.8 Å². The van der Waals surface area contributed by atoms with Gasteiger partial charge in [0.25, 0.3) is 0 Å². The molecule has 5 aromatic carbocycles. The third kappa shape index (κ3) is 3.43. The van der Waals surface area contributed by atoms with Gasteiger partial charge in [-0.1, -0.05) is 66.7 Å². The Balaban J connectivity index is 1.37. The highest BCUT2D eigenvalue weighted by molar-refractivity contribution is 6.30. The molecule has 0 saturated carbocycles. The molecule has 0 saturated heterocycles. The molecule has 40 heavy (non-hydrogen) atoms. The van der Waals surface area contributed by atoms with Gasteiger partial charge in [0.1, 0.15) is 0 Å². The summed E-state index contributed by atoms with van der Waals surface area (Å²) in [6.45, 7) is 0. The van der Waals surface area contributed by atoms with Crippen molar-refractivity contribution in [1.29, 1.82) is 5.26 Å². The lowest BCUT2D eigenvalue weighted by Gasteiger charge is -2.17. The average Bonchev–Trinajstić information content (AvgIpc) is 3.57. The molecule has 1 aliphatic rings. The van der Waals surface area contributed by atoms with Gasteiger partial charge in [0.05, 0.1) is 28.2 Å². The van der Waals surface area contributed by atoms with Crippen LogP contribution in [0.4, 0.5) is 0 Å². The number of hydrogen-bond acceptors (Lipinski definition) is 1. The van der Waals surface area contributed by atoms with Crippen LogP contribution in [0.2, 0.25) is 0 Å². The largest absolute Gasteiger partial charge is 0.316 e. The van der Waals surface area contributed by atoms with Gasteiger partial charge in [-0.2, -0.15) is 5.26 Å². The fraction of sp³-hybridized carbons (Fsp3) is 0.108. The zero-order chi connectivity index (χ0) is 26.6. The number of allylic oxidation sites excluding steroid dienone is 4. The summed E-state index contributed by atoms with van der Waals surface area (Å²) in [6, 6.07) is 36.9. The Kier molecular flexibility index (Phi) is 5.15. The van der Waals surface area contributed by atoms with E-state index in [-0.39, 0.29) is 0 Å². The van der Waals surface area contributed by atoms with Crippen molar-refractivity contribution < 1.29 is 0 Å². The lowest BCUT2D eigenvalue weighted by molar-refractivity contribution is 0.844. The highest BCUT2D eigenvalue weighted by atomic mass is 15.0. The molecule has 1 aliphatic carbocycles. The van der Waals surface area contributed by atoms with Crippen molar-refractivity contribution in [3.05, 3.63) is 127 Å². The van der Waals surface area contributed by atoms with Crippen LogP contribution in [0.15, 0.2) is 115 Å². The molecule has 3 nitrogen and oxygen atoms in total. The molecule has 0 radical (unpaired) electrons. The van der Waals surface area contributed by atoms with E-state index in [9.17, 15) is 5.26 Å². The summed E-state index contributed by atoms with van der Waals surface area (Å²) in [5.41, 5.74) is 9.45. The van der Waals surface area contributed by atoms with E-state index in [1.165, 1.54) is 60.4 Å². The second-order valence-corrected chi connectivity index (χ2v) is 10.8. The van der Waals surface area contributed by atoms with E-state index in [4.69, 9.17) is 0 Å². The quantitative estimate of drug-likeness (QED) is 0.217. The topological polar surface area (TPSA) is 33.6 Å². The van der Waals surface area contributed by atoms with Crippen LogP contribution in [-0.2, 0) is 0 Å². The van der Waals surface area contributed by atoms with Crippen LogP contribution >= 0.6 is 0 Å². The number of para-hydroxylation sites is 1. The molecule has 0 amide bonds. The van der Waals surface area contributed by atoms with E-state index in [0.29, 0.717) is 5.56 Å². The second-order valence-electron chi connectivity index (χ2n) is 10.8. The third-order valence-corrected chi connectivity index (χ3v) is 8.52. The highest BCUT2D eigenvalue weighted by Gasteiger charge is 2.21.